The average molecular weight is 487 g/mol. The quantitative estimate of drug-likeness (QED) is 0.290. The Bertz CT molecular complexity index is 862. The van der Waals surface area contributed by atoms with Crippen molar-refractivity contribution in [2.24, 2.45) is 45.3 Å². The van der Waals surface area contributed by atoms with Gasteiger partial charge in [0, 0.05) is 19.4 Å². The number of aliphatic hydroxyl groups excluding tert-OH is 1. The first-order valence-corrected chi connectivity index (χ1v) is 14.0. The number of aliphatic hydroxyl groups is 1. The van der Waals surface area contributed by atoms with Crippen LogP contribution in [0.1, 0.15) is 92.4 Å². The minimum atomic E-state index is -0.361. The molecule has 0 aromatic heterocycles. The molecule has 1 N–H and O–H groups in total. The molecule has 4 nitrogen and oxygen atoms in total. The van der Waals surface area contributed by atoms with Crippen LogP contribution in [0.4, 0.5) is 0 Å². The Morgan fingerprint density at radius 3 is 2.54 bits per heavy atom. The van der Waals surface area contributed by atoms with Crippen LogP contribution >= 0.6 is 0 Å². The fourth-order valence-electron chi connectivity index (χ4n) is 9.84. The largest absolute Gasteiger partial charge is 0.469 e. The summed E-state index contributed by atoms with van der Waals surface area (Å²) in [5, 5.41) is 11.4. The van der Waals surface area contributed by atoms with E-state index in [2.05, 4.69) is 53.3 Å². The zero-order valence-electron chi connectivity index (χ0n) is 23.4. The third kappa shape index (κ3) is 3.88. The molecule has 4 aliphatic carbocycles. The van der Waals surface area contributed by atoms with Gasteiger partial charge in [0.25, 0.3) is 0 Å². The van der Waals surface area contributed by atoms with Gasteiger partial charge in [-0.25, -0.2) is 0 Å². The SMILES string of the molecule is C=CC1C(O)CC2C3(C)CCC(C(C)CC=CC(C)(C)OC)C3(C)CCC23CC13CCC(=O)OC. The Morgan fingerprint density at radius 2 is 1.91 bits per heavy atom. The zero-order valence-corrected chi connectivity index (χ0v) is 23.4. The molecule has 0 heterocycles. The summed E-state index contributed by atoms with van der Waals surface area (Å²) < 4.78 is 10.6. The molecule has 9 unspecified atom stereocenters. The lowest BCUT2D eigenvalue weighted by Crippen LogP contribution is -2.56. The van der Waals surface area contributed by atoms with Gasteiger partial charge in [-0.05, 0) is 105 Å². The van der Waals surface area contributed by atoms with Gasteiger partial charge in [-0.1, -0.05) is 39.0 Å². The molecule has 9 atom stereocenters. The van der Waals surface area contributed by atoms with Crippen molar-refractivity contribution in [1.29, 1.82) is 0 Å². The second-order valence-corrected chi connectivity index (χ2v) is 13.6. The number of esters is 1. The Kier molecular flexibility index (Phi) is 6.93. The fourth-order valence-corrected chi connectivity index (χ4v) is 9.84. The van der Waals surface area contributed by atoms with Crippen LogP contribution in [0, 0.1) is 45.3 Å². The number of carbonyl (C=O) groups is 1. The monoisotopic (exact) mass is 486 g/mol. The van der Waals surface area contributed by atoms with Crippen LogP contribution in [0.5, 0.6) is 0 Å². The van der Waals surface area contributed by atoms with E-state index in [0.29, 0.717) is 24.2 Å². The first-order chi connectivity index (χ1) is 16.4. The average Bonchev–Trinajstić information content (AvgIpc) is 3.39. The van der Waals surface area contributed by atoms with Gasteiger partial charge in [0.1, 0.15) is 0 Å². The molecule has 0 saturated heterocycles. The maximum Gasteiger partial charge on any atom is 0.305 e. The predicted molar refractivity (Wildman–Crippen MR) is 141 cm³/mol. The predicted octanol–water partition coefficient (Wildman–Crippen LogP) is 6.72. The summed E-state index contributed by atoms with van der Waals surface area (Å²) in [6.07, 6.45) is 15.5. The smallest absolute Gasteiger partial charge is 0.305 e. The van der Waals surface area contributed by atoms with E-state index >= 15 is 0 Å². The van der Waals surface area contributed by atoms with Crippen LogP contribution in [0.3, 0.4) is 0 Å². The highest BCUT2D eigenvalue weighted by Gasteiger charge is 2.81. The van der Waals surface area contributed by atoms with E-state index in [9.17, 15) is 9.90 Å². The molecule has 1 spiro atoms. The van der Waals surface area contributed by atoms with Crippen LogP contribution in [-0.2, 0) is 14.3 Å². The summed E-state index contributed by atoms with van der Waals surface area (Å²) in [4.78, 5) is 12.1. The third-order valence-electron chi connectivity index (χ3n) is 12.1. The standard InChI is InChI=1S/C31H50O4/c1-9-22-24(32)19-25-29(6)15-12-23(21(2)11-10-14-27(3,4)35-8)28(29,5)17-18-31(25)20-30(22,31)16-13-26(33)34-7/h9-10,14,21-25,32H,1,11-13,15-20H2,2-8H3. The molecule has 198 valence electrons. The molecule has 4 saturated carbocycles. The molecule has 0 bridgehead atoms. The lowest BCUT2D eigenvalue weighted by molar-refractivity contribution is -0.150. The van der Waals surface area contributed by atoms with Gasteiger partial charge in [0.15, 0.2) is 0 Å². The summed E-state index contributed by atoms with van der Waals surface area (Å²) in [5.74, 6) is 1.78. The summed E-state index contributed by atoms with van der Waals surface area (Å²) in [5.41, 5.74) is 0.538. The van der Waals surface area contributed by atoms with Crippen molar-refractivity contribution in [3.8, 4) is 0 Å². The number of methoxy groups -OCH3 is 2. The van der Waals surface area contributed by atoms with Crippen molar-refractivity contribution in [2.45, 2.75) is 104 Å². The van der Waals surface area contributed by atoms with Gasteiger partial charge < -0.3 is 14.6 Å². The molecule has 0 aromatic rings. The lowest BCUT2D eigenvalue weighted by atomic mass is 9.43. The number of hydrogen-bond acceptors (Lipinski definition) is 4. The molecule has 4 rings (SSSR count). The van der Waals surface area contributed by atoms with Gasteiger partial charge in [-0.15, -0.1) is 6.58 Å². The van der Waals surface area contributed by atoms with Crippen molar-refractivity contribution in [3.63, 3.8) is 0 Å². The van der Waals surface area contributed by atoms with Crippen molar-refractivity contribution >= 4 is 5.97 Å². The first kappa shape index (κ1) is 26.9. The molecule has 0 aromatic carbocycles. The Hall–Kier alpha value is -1.13. The zero-order chi connectivity index (χ0) is 25.9. The van der Waals surface area contributed by atoms with Crippen LogP contribution in [0.25, 0.3) is 0 Å². The van der Waals surface area contributed by atoms with E-state index in [1.54, 1.807) is 7.11 Å². The van der Waals surface area contributed by atoms with Crippen LogP contribution < -0.4 is 0 Å². The van der Waals surface area contributed by atoms with Gasteiger partial charge in [0.05, 0.1) is 18.8 Å². The highest BCUT2D eigenvalue weighted by Crippen LogP contribution is 2.87. The molecule has 0 radical (unpaired) electrons. The maximum atomic E-state index is 12.1. The molecule has 0 aliphatic heterocycles. The van der Waals surface area contributed by atoms with Crippen molar-refractivity contribution < 1.29 is 19.4 Å². The van der Waals surface area contributed by atoms with E-state index in [4.69, 9.17) is 9.47 Å². The number of fused-ring (bicyclic) bond motifs is 2. The summed E-state index contributed by atoms with van der Waals surface area (Å²) in [6.45, 7) is 15.9. The molecule has 0 amide bonds. The minimum Gasteiger partial charge on any atom is -0.469 e. The normalized spacial score (nSPS) is 45.4. The van der Waals surface area contributed by atoms with Crippen molar-refractivity contribution in [1.82, 2.24) is 0 Å². The number of allylic oxidation sites excluding steroid dienone is 1. The van der Waals surface area contributed by atoms with E-state index < -0.39 is 0 Å². The second-order valence-electron chi connectivity index (χ2n) is 13.6. The van der Waals surface area contributed by atoms with Crippen LogP contribution in [0.15, 0.2) is 24.8 Å². The van der Waals surface area contributed by atoms with Crippen LogP contribution in [0.2, 0.25) is 0 Å². The lowest BCUT2D eigenvalue weighted by Gasteiger charge is -2.61. The van der Waals surface area contributed by atoms with Gasteiger partial charge in [0.2, 0.25) is 0 Å². The van der Waals surface area contributed by atoms with Crippen LogP contribution in [-0.4, -0.2) is 37.0 Å². The minimum absolute atomic E-state index is 0.00773. The second kappa shape index (κ2) is 9.01. The number of hydrogen-bond donors (Lipinski definition) is 1. The molecule has 35 heavy (non-hydrogen) atoms. The third-order valence-corrected chi connectivity index (χ3v) is 12.1. The number of carbonyl (C=O) groups excluding carboxylic acids is 1. The Balaban J connectivity index is 1.59. The summed E-state index contributed by atoms with van der Waals surface area (Å²) in [7, 11) is 3.25. The Labute approximate surface area is 213 Å². The summed E-state index contributed by atoms with van der Waals surface area (Å²) in [6, 6.07) is 0. The van der Waals surface area contributed by atoms with Crippen molar-refractivity contribution in [3.05, 3.63) is 24.8 Å². The van der Waals surface area contributed by atoms with Crippen molar-refractivity contribution in [2.75, 3.05) is 14.2 Å². The molecule has 4 aliphatic rings. The summed E-state index contributed by atoms with van der Waals surface area (Å²) >= 11 is 0. The maximum absolute atomic E-state index is 12.1. The van der Waals surface area contributed by atoms with E-state index in [-0.39, 0.29) is 45.3 Å². The molecule has 4 heteroatoms. The van der Waals surface area contributed by atoms with Gasteiger partial charge in [-0.3, -0.25) is 4.79 Å². The number of ether oxygens (including phenoxy) is 2. The molecular weight excluding hydrogens is 436 g/mol. The van der Waals surface area contributed by atoms with Gasteiger partial charge in [-0.2, -0.15) is 0 Å². The highest BCUT2D eigenvalue weighted by molar-refractivity contribution is 5.69. The molecule has 4 fully saturated rings. The number of rotatable bonds is 9. The van der Waals surface area contributed by atoms with E-state index in [0.717, 1.165) is 25.7 Å². The topological polar surface area (TPSA) is 55.8 Å². The highest BCUT2D eigenvalue weighted by atomic mass is 16.5. The molecular formula is C31H50O4. The Morgan fingerprint density at radius 1 is 1.20 bits per heavy atom. The fraction of sp³-hybridized carbons (Fsp3) is 0.839. The van der Waals surface area contributed by atoms with E-state index in [1.165, 1.54) is 32.8 Å². The van der Waals surface area contributed by atoms with E-state index in [1.807, 2.05) is 6.08 Å². The van der Waals surface area contributed by atoms with Gasteiger partial charge >= 0.3 is 5.97 Å². The first-order valence-electron chi connectivity index (χ1n) is 14.0.